The van der Waals surface area contributed by atoms with Crippen LogP contribution in [-0.4, -0.2) is 41.2 Å². The van der Waals surface area contributed by atoms with Gasteiger partial charge in [0, 0.05) is 18.5 Å². The van der Waals surface area contributed by atoms with E-state index in [-0.39, 0.29) is 0 Å². The third-order valence-electron chi connectivity index (χ3n) is 3.69. The normalized spacial score (nSPS) is 26.3. The van der Waals surface area contributed by atoms with Crippen molar-refractivity contribution in [2.24, 2.45) is 0 Å². The third-order valence-corrected chi connectivity index (χ3v) is 3.69. The molecule has 1 aliphatic heterocycles. The lowest BCUT2D eigenvalue weighted by molar-refractivity contribution is 0.182. The molecule has 1 aromatic rings. The first-order valence-corrected chi connectivity index (χ1v) is 6.57. The van der Waals surface area contributed by atoms with Gasteiger partial charge in [0.05, 0.1) is 6.54 Å². The molecule has 2 heterocycles. The summed E-state index contributed by atoms with van der Waals surface area (Å²) in [4.78, 5) is 6.89. The fourth-order valence-corrected chi connectivity index (χ4v) is 2.46. The van der Waals surface area contributed by atoms with Crippen LogP contribution in [0.25, 0.3) is 0 Å². The van der Waals surface area contributed by atoms with E-state index >= 15 is 0 Å². The predicted octanol–water partition coefficient (Wildman–Crippen LogP) is 1.13. The highest BCUT2D eigenvalue weighted by molar-refractivity contribution is 5.01. The first kappa shape index (κ1) is 11.2. The van der Waals surface area contributed by atoms with Crippen molar-refractivity contribution in [1.82, 2.24) is 20.4 Å². The van der Waals surface area contributed by atoms with E-state index in [0.717, 1.165) is 31.3 Å². The Labute approximate surface area is 102 Å². The molecule has 0 spiro atoms. The highest BCUT2D eigenvalue weighted by Crippen LogP contribution is 2.38. The van der Waals surface area contributed by atoms with E-state index in [4.69, 9.17) is 4.52 Å². The van der Waals surface area contributed by atoms with Crippen molar-refractivity contribution in [1.29, 1.82) is 0 Å². The fraction of sp³-hybridized carbons (Fsp3) is 0.833. The van der Waals surface area contributed by atoms with Crippen molar-refractivity contribution in [2.45, 2.75) is 44.2 Å². The minimum Gasteiger partial charge on any atom is -0.339 e. The lowest BCUT2D eigenvalue weighted by Gasteiger charge is -2.31. The van der Waals surface area contributed by atoms with E-state index in [1.807, 2.05) is 7.05 Å². The van der Waals surface area contributed by atoms with Gasteiger partial charge in [0.15, 0.2) is 5.82 Å². The maximum atomic E-state index is 5.28. The molecule has 2 fully saturated rings. The second kappa shape index (κ2) is 4.74. The first-order valence-electron chi connectivity index (χ1n) is 6.57. The highest BCUT2D eigenvalue weighted by Gasteiger charge is 2.30. The Morgan fingerprint density at radius 1 is 1.41 bits per heavy atom. The predicted molar refractivity (Wildman–Crippen MR) is 63.6 cm³/mol. The van der Waals surface area contributed by atoms with Crippen LogP contribution in [0.2, 0.25) is 0 Å². The summed E-state index contributed by atoms with van der Waals surface area (Å²) in [6.45, 7) is 3.06. The Bertz CT molecular complexity index is 374. The van der Waals surface area contributed by atoms with Crippen LogP contribution in [0.4, 0.5) is 0 Å². The van der Waals surface area contributed by atoms with Crippen LogP contribution in [0.5, 0.6) is 0 Å². The molecule has 2 aliphatic rings. The zero-order valence-electron chi connectivity index (χ0n) is 10.4. The van der Waals surface area contributed by atoms with Crippen molar-refractivity contribution in [3.8, 4) is 0 Å². The van der Waals surface area contributed by atoms with E-state index in [0.29, 0.717) is 12.0 Å². The molecule has 1 aliphatic carbocycles. The summed E-state index contributed by atoms with van der Waals surface area (Å²) >= 11 is 0. The number of aromatic nitrogens is 2. The number of likely N-dealkylation sites (N-methyl/N-ethyl adjacent to an activating group) is 1. The number of nitrogens with zero attached hydrogens (tertiary/aromatic N) is 3. The van der Waals surface area contributed by atoms with Crippen molar-refractivity contribution >= 4 is 0 Å². The van der Waals surface area contributed by atoms with Gasteiger partial charge in [-0.1, -0.05) is 5.16 Å². The van der Waals surface area contributed by atoms with Gasteiger partial charge in [-0.3, -0.25) is 4.90 Å². The van der Waals surface area contributed by atoms with Crippen LogP contribution in [0.15, 0.2) is 4.52 Å². The Hall–Kier alpha value is -0.940. The lowest BCUT2D eigenvalue weighted by atomic mass is 10.1. The van der Waals surface area contributed by atoms with Gasteiger partial charge >= 0.3 is 0 Å². The summed E-state index contributed by atoms with van der Waals surface area (Å²) in [5.41, 5.74) is 0. The summed E-state index contributed by atoms with van der Waals surface area (Å²) in [6.07, 6.45) is 4.95. The molecule has 1 N–H and O–H groups in total. The SMILES string of the molecule is CN[C@@H]1CCCN(Cc2noc(C3CC3)n2)C1. The van der Waals surface area contributed by atoms with Gasteiger partial charge in [-0.05, 0) is 39.3 Å². The van der Waals surface area contributed by atoms with E-state index in [2.05, 4.69) is 20.4 Å². The van der Waals surface area contributed by atoms with Gasteiger partial charge in [0.25, 0.3) is 0 Å². The average molecular weight is 236 g/mol. The average Bonchev–Trinajstić information content (AvgIpc) is 3.11. The number of hydrogen-bond acceptors (Lipinski definition) is 5. The van der Waals surface area contributed by atoms with Crippen molar-refractivity contribution < 1.29 is 4.52 Å². The molecule has 17 heavy (non-hydrogen) atoms. The smallest absolute Gasteiger partial charge is 0.229 e. The molecule has 1 atom stereocenters. The molecular formula is C12H20N4O. The Morgan fingerprint density at radius 3 is 3.06 bits per heavy atom. The molecule has 1 saturated carbocycles. The Balaban J connectivity index is 1.57. The lowest BCUT2D eigenvalue weighted by Crippen LogP contribution is -2.44. The number of piperidine rings is 1. The quantitative estimate of drug-likeness (QED) is 0.849. The molecule has 0 bridgehead atoms. The minimum atomic E-state index is 0.558. The maximum Gasteiger partial charge on any atom is 0.229 e. The molecule has 0 aromatic carbocycles. The fourth-order valence-electron chi connectivity index (χ4n) is 2.46. The maximum absolute atomic E-state index is 5.28. The number of likely N-dealkylation sites (tertiary alicyclic amines) is 1. The number of nitrogens with one attached hydrogen (secondary N) is 1. The van der Waals surface area contributed by atoms with Gasteiger partial charge < -0.3 is 9.84 Å². The van der Waals surface area contributed by atoms with Crippen LogP contribution in [-0.2, 0) is 6.54 Å². The Morgan fingerprint density at radius 2 is 2.29 bits per heavy atom. The number of hydrogen-bond donors (Lipinski definition) is 1. The van der Waals surface area contributed by atoms with Gasteiger partial charge in [0.2, 0.25) is 5.89 Å². The van der Waals surface area contributed by atoms with Crippen LogP contribution in [0.3, 0.4) is 0 Å². The zero-order chi connectivity index (χ0) is 11.7. The van der Waals surface area contributed by atoms with E-state index in [1.54, 1.807) is 0 Å². The summed E-state index contributed by atoms with van der Waals surface area (Å²) < 4.78 is 5.28. The molecular weight excluding hydrogens is 216 g/mol. The summed E-state index contributed by atoms with van der Waals surface area (Å²) in [5, 5.41) is 7.42. The third kappa shape index (κ3) is 2.66. The molecule has 0 radical (unpaired) electrons. The zero-order valence-corrected chi connectivity index (χ0v) is 10.4. The topological polar surface area (TPSA) is 54.2 Å². The first-order chi connectivity index (χ1) is 8.35. The molecule has 94 valence electrons. The van der Waals surface area contributed by atoms with E-state index in [1.165, 1.54) is 25.7 Å². The molecule has 0 amide bonds. The molecule has 5 nitrogen and oxygen atoms in total. The second-order valence-corrected chi connectivity index (χ2v) is 5.19. The van der Waals surface area contributed by atoms with Crippen LogP contribution >= 0.6 is 0 Å². The highest BCUT2D eigenvalue weighted by atomic mass is 16.5. The van der Waals surface area contributed by atoms with Crippen LogP contribution < -0.4 is 5.32 Å². The standard InChI is InChI=1S/C12H20N4O/c1-13-10-3-2-6-16(7-10)8-11-14-12(17-15-11)9-4-5-9/h9-10,13H,2-8H2,1H3/t10-/m1/s1. The van der Waals surface area contributed by atoms with Crippen molar-refractivity contribution in [3.63, 3.8) is 0 Å². The summed E-state index contributed by atoms with van der Waals surface area (Å²) in [6, 6.07) is 0.610. The van der Waals surface area contributed by atoms with Gasteiger partial charge in [-0.25, -0.2) is 0 Å². The van der Waals surface area contributed by atoms with E-state index < -0.39 is 0 Å². The molecule has 1 aromatic heterocycles. The molecule has 3 rings (SSSR count). The molecule has 1 saturated heterocycles. The summed E-state index contributed by atoms with van der Waals surface area (Å²) in [5.74, 6) is 2.26. The summed E-state index contributed by atoms with van der Waals surface area (Å²) in [7, 11) is 2.04. The molecule has 5 heteroatoms. The second-order valence-electron chi connectivity index (χ2n) is 5.19. The van der Waals surface area contributed by atoms with Crippen LogP contribution in [0, 0.1) is 0 Å². The van der Waals surface area contributed by atoms with E-state index in [9.17, 15) is 0 Å². The van der Waals surface area contributed by atoms with Crippen molar-refractivity contribution in [3.05, 3.63) is 11.7 Å². The largest absolute Gasteiger partial charge is 0.339 e. The number of rotatable bonds is 4. The van der Waals surface area contributed by atoms with Gasteiger partial charge in [-0.15, -0.1) is 0 Å². The van der Waals surface area contributed by atoms with Gasteiger partial charge in [0.1, 0.15) is 0 Å². The minimum absolute atomic E-state index is 0.558. The van der Waals surface area contributed by atoms with Gasteiger partial charge in [-0.2, -0.15) is 4.98 Å². The van der Waals surface area contributed by atoms with Crippen molar-refractivity contribution in [2.75, 3.05) is 20.1 Å². The van der Waals surface area contributed by atoms with Crippen LogP contribution in [0.1, 0.15) is 43.3 Å². The Kier molecular flexibility index (Phi) is 3.11. The monoisotopic (exact) mass is 236 g/mol. The molecule has 0 unspecified atom stereocenters.